The van der Waals surface area contributed by atoms with E-state index in [1.54, 1.807) is 0 Å². The first kappa shape index (κ1) is 17.6. The van der Waals surface area contributed by atoms with Crippen LogP contribution in [0.15, 0.2) is 28.8 Å². The first-order chi connectivity index (χ1) is 11.9. The summed E-state index contributed by atoms with van der Waals surface area (Å²) < 4.78 is 5.40. The fourth-order valence-corrected chi connectivity index (χ4v) is 3.36. The van der Waals surface area contributed by atoms with Crippen LogP contribution in [-0.4, -0.2) is 46.6 Å². The van der Waals surface area contributed by atoms with Gasteiger partial charge in [-0.2, -0.15) is 10.2 Å². The lowest BCUT2D eigenvalue weighted by molar-refractivity contribution is 0.0712. The number of likely N-dealkylation sites (N-methyl/N-ethyl adjacent to an activating group) is 1. The van der Waals surface area contributed by atoms with Crippen LogP contribution >= 0.6 is 0 Å². The summed E-state index contributed by atoms with van der Waals surface area (Å²) in [7, 11) is 2.09. The van der Waals surface area contributed by atoms with Gasteiger partial charge in [-0.1, -0.05) is 29.4 Å². The number of rotatable bonds is 4. The van der Waals surface area contributed by atoms with Gasteiger partial charge < -0.3 is 4.52 Å². The zero-order valence-electron chi connectivity index (χ0n) is 15.4. The maximum Gasteiger partial charge on any atom is 0.245 e. The van der Waals surface area contributed by atoms with Crippen LogP contribution in [0.25, 0.3) is 0 Å². The number of nitriles is 1. The smallest absolute Gasteiger partial charge is 0.245 e. The number of aryl methyl sites for hydroxylation is 1. The molecule has 6 nitrogen and oxygen atoms in total. The number of benzene rings is 1. The van der Waals surface area contributed by atoms with Crippen molar-refractivity contribution in [1.82, 2.24) is 19.9 Å². The molecular weight excluding hydrogens is 314 g/mol. The molecule has 0 unspecified atom stereocenters. The maximum absolute atomic E-state index is 9.51. The van der Waals surface area contributed by atoms with Gasteiger partial charge in [0, 0.05) is 26.2 Å². The van der Waals surface area contributed by atoms with Crippen LogP contribution < -0.4 is 0 Å². The van der Waals surface area contributed by atoms with E-state index in [0.717, 1.165) is 31.7 Å². The second kappa shape index (κ2) is 6.95. The predicted molar refractivity (Wildman–Crippen MR) is 94.8 cm³/mol. The minimum absolute atomic E-state index is 0.103. The summed E-state index contributed by atoms with van der Waals surface area (Å²) in [5.74, 6) is 1.34. The van der Waals surface area contributed by atoms with Crippen LogP contribution in [-0.2, 0) is 12.0 Å². The van der Waals surface area contributed by atoms with E-state index in [1.807, 2.05) is 32.9 Å². The van der Waals surface area contributed by atoms with Crippen molar-refractivity contribution in [3.8, 4) is 6.07 Å². The third-order valence-electron chi connectivity index (χ3n) is 4.92. The molecule has 1 aliphatic rings. The lowest BCUT2D eigenvalue weighted by Crippen LogP contribution is -2.46. The molecule has 0 radical (unpaired) electrons. The Bertz CT molecular complexity index is 776. The molecule has 1 aromatic heterocycles. The minimum atomic E-state index is -0.494. The van der Waals surface area contributed by atoms with Crippen molar-refractivity contribution < 1.29 is 4.52 Å². The van der Waals surface area contributed by atoms with Gasteiger partial charge in [0.15, 0.2) is 5.82 Å². The Balaban J connectivity index is 1.79. The molecule has 1 saturated heterocycles. The molecule has 1 aromatic carbocycles. The quantitative estimate of drug-likeness (QED) is 0.853. The van der Waals surface area contributed by atoms with E-state index in [2.05, 4.69) is 45.2 Å². The van der Waals surface area contributed by atoms with Crippen molar-refractivity contribution >= 4 is 0 Å². The van der Waals surface area contributed by atoms with Gasteiger partial charge in [0.05, 0.1) is 11.5 Å². The largest absolute Gasteiger partial charge is 0.338 e. The first-order valence-corrected chi connectivity index (χ1v) is 8.63. The Kier molecular flexibility index (Phi) is 4.89. The standard InChI is InChI=1S/C19H25N5O/c1-14-21-18(25-22-14)17-12-24(10-9-23(17)4)11-15-7-5-6-8-16(15)19(2,3)13-20/h5-8,17H,9-12H2,1-4H3/t17-/m1/s1. The van der Waals surface area contributed by atoms with E-state index in [9.17, 15) is 5.26 Å². The normalized spacial score (nSPS) is 19.7. The molecule has 25 heavy (non-hydrogen) atoms. The maximum atomic E-state index is 9.51. The van der Waals surface area contributed by atoms with Crippen LogP contribution in [0, 0.1) is 18.3 Å². The highest BCUT2D eigenvalue weighted by Gasteiger charge is 2.31. The molecule has 3 rings (SSSR count). The van der Waals surface area contributed by atoms with E-state index in [1.165, 1.54) is 5.56 Å². The molecule has 2 aromatic rings. The SMILES string of the molecule is Cc1noc([C@H]2CN(Cc3ccccc3C(C)(C)C#N)CCN2C)n1. The fourth-order valence-electron chi connectivity index (χ4n) is 3.36. The molecule has 2 heterocycles. The molecule has 1 fully saturated rings. The highest BCUT2D eigenvalue weighted by molar-refractivity contribution is 5.37. The topological polar surface area (TPSA) is 69.2 Å². The molecule has 0 spiro atoms. The van der Waals surface area contributed by atoms with Crippen molar-refractivity contribution in [3.05, 3.63) is 47.1 Å². The Morgan fingerprint density at radius 1 is 1.32 bits per heavy atom. The van der Waals surface area contributed by atoms with Crippen LogP contribution in [0.3, 0.4) is 0 Å². The van der Waals surface area contributed by atoms with Gasteiger partial charge in [-0.05, 0) is 38.9 Å². The summed E-state index contributed by atoms with van der Waals surface area (Å²) in [4.78, 5) is 9.06. The number of aromatic nitrogens is 2. The first-order valence-electron chi connectivity index (χ1n) is 8.63. The molecule has 0 N–H and O–H groups in total. The summed E-state index contributed by atoms with van der Waals surface area (Å²) >= 11 is 0. The summed E-state index contributed by atoms with van der Waals surface area (Å²) in [5, 5.41) is 13.4. The summed E-state index contributed by atoms with van der Waals surface area (Å²) in [6, 6.07) is 10.8. The highest BCUT2D eigenvalue weighted by Crippen LogP contribution is 2.29. The number of piperazine rings is 1. The molecule has 0 amide bonds. The van der Waals surface area contributed by atoms with E-state index in [0.29, 0.717) is 11.7 Å². The van der Waals surface area contributed by atoms with Crippen molar-refractivity contribution in [1.29, 1.82) is 5.26 Å². The number of hydrogen-bond donors (Lipinski definition) is 0. The van der Waals surface area contributed by atoms with Gasteiger partial charge in [0.1, 0.15) is 6.04 Å². The Labute approximate surface area is 149 Å². The Morgan fingerprint density at radius 2 is 2.08 bits per heavy atom. The third-order valence-corrected chi connectivity index (χ3v) is 4.92. The number of nitrogens with zero attached hydrogens (tertiary/aromatic N) is 5. The van der Waals surface area contributed by atoms with Gasteiger partial charge in [-0.3, -0.25) is 9.80 Å². The third kappa shape index (κ3) is 3.73. The van der Waals surface area contributed by atoms with Crippen molar-refractivity contribution in [3.63, 3.8) is 0 Å². The zero-order valence-corrected chi connectivity index (χ0v) is 15.4. The average molecular weight is 339 g/mol. The van der Waals surface area contributed by atoms with Crippen LogP contribution in [0.1, 0.15) is 42.7 Å². The Hall–Kier alpha value is -2.23. The van der Waals surface area contributed by atoms with Gasteiger partial charge in [0.2, 0.25) is 5.89 Å². The molecule has 0 saturated carbocycles. The minimum Gasteiger partial charge on any atom is -0.338 e. The lowest BCUT2D eigenvalue weighted by Gasteiger charge is -2.38. The summed E-state index contributed by atoms with van der Waals surface area (Å²) in [5.41, 5.74) is 1.81. The van der Waals surface area contributed by atoms with E-state index < -0.39 is 5.41 Å². The fraction of sp³-hybridized carbons (Fsp3) is 0.526. The van der Waals surface area contributed by atoms with Crippen molar-refractivity contribution in [2.45, 2.75) is 38.8 Å². The Morgan fingerprint density at radius 3 is 2.76 bits per heavy atom. The second-order valence-corrected chi connectivity index (χ2v) is 7.31. The summed E-state index contributed by atoms with van der Waals surface area (Å²) in [6.45, 7) is 9.35. The van der Waals surface area contributed by atoms with Crippen LogP contribution in [0.4, 0.5) is 0 Å². The number of hydrogen-bond acceptors (Lipinski definition) is 6. The van der Waals surface area contributed by atoms with E-state index in [-0.39, 0.29) is 6.04 Å². The van der Waals surface area contributed by atoms with Gasteiger partial charge in [-0.25, -0.2) is 0 Å². The van der Waals surface area contributed by atoms with Crippen molar-refractivity contribution in [2.24, 2.45) is 0 Å². The lowest BCUT2D eigenvalue weighted by atomic mass is 9.83. The molecular formula is C19H25N5O. The predicted octanol–water partition coefficient (Wildman–Crippen LogP) is 2.67. The van der Waals surface area contributed by atoms with E-state index in [4.69, 9.17) is 4.52 Å². The molecule has 0 bridgehead atoms. The molecule has 0 aliphatic carbocycles. The highest BCUT2D eigenvalue weighted by atomic mass is 16.5. The zero-order chi connectivity index (χ0) is 18.0. The molecule has 6 heteroatoms. The second-order valence-electron chi connectivity index (χ2n) is 7.31. The van der Waals surface area contributed by atoms with Crippen LogP contribution in [0.5, 0.6) is 0 Å². The van der Waals surface area contributed by atoms with Crippen molar-refractivity contribution in [2.75, 3.05) is 26.7 Å². The molecule has 1 aliphatic heterocycles. The van der Waals surface area contributed by atoms with E-state index >= 15 is 0 Å². The van der Waals surface area contributed by atoms with Gasteiger partial charge in [0.25, 0.3) is 0 Å². The van der Waals surface area contributed by atoms with Gasteiger partial charge >= 0.3 is 0 Å². The average Bonchev–Trinajstić information content (AvgIpc) is 3.03. The van der Waals surface area contributed by atoms with Gasteiger partial charge in [-0.15, -0.1) is 0 Å². The molecule has 1 atom stereocenters. The molecule has 132 valence electrons. The summed E-state index contributed by atoms with van der Waals surface area (Å²) in [6.07, 6.45) is 0. The van der Waals surface area contributed by atoms with Crippen LogP contribution in [0.2, 0.25) is 0 Å². The monoisotopic (exact) mass is 339 g/mol.